The maximum atomic E-state index is 13.1. The second kappa shape index (κ2) is 5.03. The Kier molecular flexibility index (Phi) is 3.76. The van der Waals surface area contributed by atoms with Gasteiger partial charge in [-0.3, -0.25) is 9.59 Å². The van der Waals surface area contributed by atoms with E-state index in [0.717, 1.165) is 22.1 Å². The van der Waals surface area contributed by atoms with Crippen LogP contribution in [0.3, 0.4) is 0 Å². The highest BCUT2D eigenvalue weighted by Crippen LogP contribution is 2.72. The quantitative estimate of drug-likeness (QED) is 0.509. The molecule has 1 N–H and O–H groups in total. The van der Waals surface area contributed by atoms with E-state index < -0.39 is 15.7 Å². The van der Waals surface area contributed by atoms with Crippen LogP contribution in [0.4, 0.5) is 5.69 Å². The summed E-state index contributed by atoms with van der Waals surface area (Å²) in [7, 11) is 0. The van der Waals surface area contributed by atoms with Crippen molar-refractivity contribution in [3.63, 3.8) is 0 Å². The number of ketones is 1. The number of anilines is 1. The number of amides is 1. The number of carbonyl (C=O) groups is 2. The predicted octanol–water partition coefficient (Wildman–Crippen LogP) is 4.39. The van der Waals surface area contributed by atoms with Crippen LogP contribution in [-0.2, 0) is 9.59 Å². The van der Waals surface area contributed by atoms with Gasteiger partial charge in [0.15, 0.2) is 5.78 Å². The van der Waals surface area contributed by atoms with Crippen molar-refractivity contribution in [2.75, 3.05) is 5.32 Å². The Hall–Kier alpha value is -0.430. The molecule has 3 nitrogen and oxygen atoms in total. The molecule has 1 aromatic carbocycles. The smallest absolute Gasteiger partial charge is 0.232 e. The molecule has 0 heterocycles. The third-order valence-corrected chi connectivity index (χ3v) is 8.14. The monoisotopic (exact) mass is 475 g/mol. The molecule has 118 valence electrons. The van der Waals surface area contributed by atoms with Gasteiger partial charge in [-0.15, -0.1) is 0 Å². The Morgan fingerprint density at radius 2 is 1.82 bits per heavy atom. The normalized spacial score (nSPS) is 35.7. The van der Waals surface area contributed by atoms with Crippen LogP contribution >= 0.6 is 38.5 Å². The van der Waals surface area contributed by atoms with E-state index in [1.807, 2.05) is 31.2 Å². The van der Waals surface area contributed by atoms with Gasteiger partial charge in [0.2, 0.25) is 5.91 Å². The topological polar surface area (TPSA) is 46.2 Å². The van der Waals surface area contributed by atoms with Crippen molar-refractivity contribution < 1.29 is 9.59 Å². The van der Waals surface area contributed by atoms with Crippen molar-refractivity contribution in [2.45, 2.75) is 38.4 Å². The molecule has 5 heteroatoms. The standard InChI is InChI=1S/C17H19BrINO2/c1-15(2)16(3)8-9-17(15,12(18)13(16)21)14(22)20-11-6-4-10(19)5-7-11/h4-7,12H,8-9H2,1-3H3,(H,20,22)/t12-,16?,17?/m1/s1. The zero-order chi connectivity index (χ0) is 16.3. The zero-order valence-corrected chi connectivity index (χ0v) is 16.6. The fraction of sp³-hybridized carbons (Fsp3) is 0.529. The number of carbonyl (C=O) groups excluding carboxylic acids is 2. The Morgan fingerprint density at radius 3 is 2.32 bits per heavy atom. The van der Waals surface area contributed by atoms with Crippen molar-refractivity contribution in [1.82, 2.24) is 0 Å². The molecule has 2 fully saturated rings. The summed E-state index contributed by atoms with van der Waals surface area (Å²) in [6, 6.07) is 7.72. The van der Waals surface area contributed by atoms with Crippen LogP contribution in [0.5, 0.6) is 0 Å². The third kappa shape index (κ3) is 1.84. The number of alkyl halides is 1. The Labute approximate surface area is 152 Å². The largest absolute Gasteiger partial charge is 0.326 e. The number of rotatable bonds is 2. The van der Waals surface area contributed by atoms with E-state index >= 15 is 0 Å². The minimum Gasteiger partial charge on any atom is -0.326 e. The molecule has 3 atom stereocenters. The minimum atomic E-state index is -0.679. The van der Waals surface area contributed by atoms with Crippen molar-refractivity contribution in [1.29, 1.82) is 0 Å². The molecule has 1 amide bonds. The average molecular weight is 476 g/mol. The Bertz CT molecular complexity index is 657. The number of halogens is 2. The van der Waals surface area contributed by atoms with Crippen molar-refractivity contribution in [2.24, 2.45) is 16.2 Å². The molecule has 0 aliphatic heterocycles. The number of nitrogens with one attached hydrogen (secondary N) is 1. The van der Waals surface area contributed by atoms with Gasteiger partial charge in [0.1, 0.15) is 0 Å². The average Bonchev–Trinajstić information content (AvgIpc) is 2.74. The molecule has 0 saturated heterocycles. The molecule has 2 unspecified atom stereocenters. The first-order chi connectivity index (χ1) is 10.2. The lowest BCUT2D eigenvalue weighted by molar-refractivity contribution is -0.130. The first-order valence-corrected chi connectivity index (χ1v) is 9.42. The van der Waals surface area contributed by atoms with E-state index in [2.05, 4.69) is 57.7 Å². The number of hydrogen-bond acceptors (Lipinski definition) is 2. The molecule has 1 aromatic rings. The molecule has 2 aliphatic rings. The molecule has 2 aliphatic carbocycles. The van der Waals surface area contributed by atoms with Gasteiger partial charge < -0.3 is 5.32 Å². The highest BCUT2D eigenvalue weighted by atomic mass is 127. The van der Waals surface area contributed by atoms with Crippen LogP contribution in [-0.4, -0.2) is 16.5 Å². The lowest BCUT2D eigenvalue weighted by Crippen LogP contribution is -2.47. The van der Waals surface area contributed by atoms with Crippen LogP contribution < -0.4 is 5.32 Å². The Morgan fingerprint density at radius 1 is 1.23 bits per heavy atom. The number of Topliss-reactive ketones (excluding diaryl/α,β-unsaturated/α-hetero) is 1. The van der Waals surface area contributed by atoms with Gasteiger partial charge in [-0.1, -0.05) is 36.7 Å². The van der Waals surface area contributed by atoms with Crippen LogP contribution in [0.1, 0.15) is 33.6 Å². The van der Waals surface area contributed by atoms with E-state index in [1.165, 1.54) is 0 Å². The number of hydrogen-bond donors (Lipinski definition) is 1. The van der Waals surface area contributed by atoms with E-state index in [9.17, 15) is 9.59 Å². The molecule has 3 rings (SSSR count). The highest BCUT2D eigenvalue weighted by Gasteiger charge is 2.76. The van der Waals surface area contributed by atoms with Gasteiger partial charge in [-0.25, -0.2) is 0 Å². The molecule has 0 aromatic heterocycles. The fourth-order valence-corrected chi connectivity index (χ4v) is 6.10. The fourth-order valence-electron chi connectivity index (χ4n) is 4.23. The second-order valence-electron chi connectivity index (χ2n) is 7.12. The summed E-state index contributed by atoms with van der Waals surface area (Å²) < 4.78 is 1.12. The first kappa shape index (κ1) is 16.4. The van der Waals surface area contributed by atoms with E-state index in [4.69, 9.17) is 0 Å². The predicted molar refractivity (Wildman–Crippen MR) is 99.1 cm³/mol. The maximum Gasteiger partial charge on any atom is 0.232 e. The van der Waals surface area contributed by atoms with E-state index in [-0.39, 0.29) is 17.1 Å². The van der Waals surface area contributed by atoms with Crippen molar-refractivity contribution in [3.8, 4) is 0 Å². The van der Waals surface area contributed by atoms with Crippen LogP contribution in [0.15, 0.2) is 24.3 Å². The lowest BCUT2D eigenvalue weighted by atomic mass is 9.64. The molecular formula is C17H19BrINO2. The van der Waals surface area contributed by atoms with Crippen LogP contribution in [0.2, 0.25) is 0 Å². The van der Waals surface area contributed by atoms with E-state index in [0.29, 0.717) is 0 Å². The summed E-state index contributed by atoms with van der Waals surface area (Å²) >= 11 is 5.78. The second-order valence-corrected chi connectivity index (χ2v) is 9.28. The summed E-state index contributed by atoms with van der Waals surface area (Å²) in [4.78, 5) is 25.4. The molecule has 0 spiro atoms. The number of benzene rings is 1. The van der Waals surface area contributed by atoms with Crippen LogP contribution in [0.25, 0.3) is 0 Å². The van der Waals surface area contributed by atoms with Gasteiger partial charge in [-0.2, -0.15) is 0 Å². The summed E-state index contributed by atoms with van der Waals surface area (Å²) in [5.74, 6) is 0.122. The Balaban J connectivity index is 1.97. The van der Waals surface area contributed by atoms with Crippen molar-refractivity contribution >= 4 is 55.9 Å². The highest BCUT2D eigenvalue weighted by molar-refractivity contribution is 14.1. The van der Waals surface area contributed by atoms with Gasteiger partial charge in [0.25, 0.3) is 0 Å². The van der Waals surface area contributed by atoms with Gasteiger partial charge >= 0.3 is 0 Å². The van der Waals surface area contributed by atoms with Crippen molar-refractivity contribution in [3.05, 3.63) is 27.8 Å². The van der Waals surface area contributed by atoms with Gasteiger partial charge in [-0.05, 0) is 65.1 Å². The SMILES string of the molecule is CC12CCC(C(=O)Nc3ccc(I)cc3)([C@H](Br)C1=O)C2(C)C. The minimum absolute atomic E-state index is 0.0461. The molecular weight excluding hydrogens is 457 g/mol. The van der Waals surface area contributed by atoms with E-state index in [1.54, 1.807) is 0 Å². The molecule has 0 radical (unpaired) electrons. The summed E-state index contributed by atoms with van der Waals surface area (Å²) in [6.45, 7) is 6.13. The summed E-state index contributed by atoms with van der Waals surface area (Å²) in [6.07, 6.45) is 1.52. The van der Waals surface area contributed by atoms with Gasteiger partial charge in [0, 0.05) is 14.7 Å². The summed E-state index contributed by atoms with van der Waals surface area (Å²) in [5.41, 5.74) is -0.687. The van der Waals surface area contributed by atoms with Gasteiger partial charge in [0.05, 0.1) is 10.2 Å². The molecule has 2 bridgehead atoms. The maximum absolute atomic E-state index is 13.1. The summed E-state index contributed by atoms with van der Waals surface area (Å²) in [5, 5.41) is 3.03. The number of fused-ring (bicyclic) bond motifs is 2. The zero-order valence-electron chi connectivity index (χ0n) is 12.9. The van der Waals surface area contributed by atoms with Crippen LogP contribution in [0, 0.1) is 19.8 Å². The molecule has 22 heavy (non-hydrogen) atoms. The first-order valence-electron chi connectivity index (χ1n) is 7.42. The lowest BCUT2D eigenvalue weighted by Gasteiger charge is -2.39. The molecule has 2 saturated carbocycles. The third-order valence-electron chi connectivity index (χ3n) is 6.23.